The van der Waals surface area contributed by atoms with E-state index in [-0.39, 0.29) is 24.0 Å². The quantitative estimate of drug-likeness (QED) is 0.0324. The number of allylic oxidation sites excluding steroid dienone is 1. The fraction of sp³-hybridized carbons (Fsp3) is 0.333. The summed E-state index contributed by atoms with van der Waals surface area (Å²) in [5, 5.41) is 22.5. The van der Waals surface area contributed by atoms with Crippen LogP contribution in [0.25, 0.3) is 72.4 Å². The molecule has 0 radical (unpaired) electrons. The first-order valence-electron chi connectivity index (χ1n) is 23.3. The van der Waals surface area contributed by atoms with Crippen molar-refractivity contribution in [1.29, 1.82) is 10.5 Å². The second kappa shape index (κ2) is 22.4. The summed E-state index contributed by atoms with van der Waals surface area (Å²) in [4.78, 5) is 30.6. The summed E-state index contributed by atoms with van der Waals surface area (Å²) < 4.78 is 20.6. The number of hydrogen-bond acceptors (Lipinski definition) is 11. The van der Waals surface area contributed by atoms with Gasteiger partial charge >= 0.3 is 8.80 Å². The molecular weight excluding hydrogens is 953 g/mol. The van der Waals surface area contributed by atoms with Crippen molar-refractivity contribution in [1.82, 2.24) is 9.47 Å². The first kappa shape index (κ1) is 51.2. The summed E-state index contributed by atoms with van der Waals surface area (Å²) >= 11 is 7.00. The minimum Gasteiger partial charge on any atom is -0.373 e. The van der Waals surface area contributed by atoms with Crippen LogP contribution in [-0.4, -0.2) is 69.8 Å². The van der Waals surface area contributed by atoms with Crippen LogP contribution in [0.4, 0.5) is 5.69 Å². The average molecular weight is 1010 g/mol. The molecule has 1 amide bonds. The van der Waals surface area contributed by atoms with Crippen LogP contribution < -0.4 is 4.90 Å². The van der Waals surface area contributed by atoms with Crippen molar-refractivity contribution >= 4 is 93.6 Å². The molecule has 5 aromatic heterocycles. The predicted octanol–water partition coefficient (Wildman–Crippen LogP) is 14.5. The second-order valence-corrected chi connectivity index (χ2v) is 23.3. The summed E-state index contributed by atoms with van der Waals surface area (Å²) in [6.07, 6.45) is 2.95. The number of amides is 1. The molecule has 0 saturated carbocycles. The van der Waals surface area contributed by atoms with Gasteiger partial charge in [0.25, 0.3) is 11.6 Å². The molecule has 0 saturated heterocycles. The molecule has 356 valence electrons. The van der Waals surface area contributed by atoms with Gasteiger partial charge in [0.2, 0.25) is 0 Å². The van der Waals surface area contributed by atoms with E-state index >= 15 is 0 Å². The third-order valence-corrected chi connectivity index (χ3v) is 20.5. The van der Waals surface area contributed by atoms with E-state index in [1.807, 2.05) is 56.4 Å². The smallest absolute Gasteiger partial charge is 0.373 e. The lowest BCUT2D eigenvalue weighted by Crippen LogP contribution is -2.56. The van der Waals surface area contributed by atoms with E-state index in [0.717, 1.165) is 45.4 Å². The van der Waals surface area contributed by atoms with Crippen molar-refractivity contribution in [3.8, 4) is 51.8 Å². The fourth-order valence-electron chi connectivity index (χ4n) is 8.80. The maximum Gasteiger partial charge on any atom is 0.521 e. The Morgan fingerprint density at radius 1 is 0.710 bits per heavy atom. The Morgan fingerprint density at radius 3 is 1.75 bits per heavy atom. The number of anilines is 1. The van der Waals surface area contributed by atoms with Crippen molar-refractivity contribution in [3.63, 3.8) is 0 Å². The number of carbonyl (C=O) groups is 1. The summed E-state index contributed by atoms with van der Waals surface area (Å²) in [6.45, 7) is 31.7. The van der Waals surface area contributed by atoms with Gasteiger partial charge in [-0.25, -0.2) is 10.1 Å². The number of aromatic nitrogens is 1. The summed E-state index contributed by atoms with van der Waals surface area (Å²) in [5.41, 5.74) is 9.40. The van der Waals surface area contributed by atoms with Gasteiger partial charge in [0, 0.05) is 113 Å². The van der Waals surface area contributed by atoms with E-state index in [4.69, 9.17) is 19.9 Å². The maximum absolute atomic E-state index is 14.2. The minimum absolute atomic E-state index is 0.0586. The molecule has 0 spiro atoms. The molecule has 0 aliphatic rings. The van der Waals surface area contributed by atoms with Gasteiger partial charge in [-0.2, -0.15) is 5.26 Å². The van der Waals surface area contributed by atoms with E-state index in [1.165, 1.54) is 79.5 Å². The molecule has 0 aliphatic heterocycles. The van der Waals surface area contributed by atoms with E-state index < -0.39 is 14.7 Å². The molecule has 7 rings (SSSR count). The van der Waals surface area contributed by atoms with Gasteiger partial charge in [-0.1, -0.05) is 6.07 Å². The summed E-state index contributed by atoms with van der Waals surface area (Å²) in [7, 11) is -3.43. The van der Waals surface area contributed by atoms with Crippen molar-refractivity contribution in [2.75, 3.05) is 50.5 Å². The third kappa shape index (κ3) is 10.6. The Kier molecular flexibility index (Phi) is 16.6. The standard InChI is InChI=1S/C54H58N6O4S4Si/c1-12-58(13-2)41-19-21-45-43(30-41)42-28-38(18-20-44(42)60(45)14-3)47-25-35(8)52(66-47)49-27-37(10)53(68-49)50-26-36(9)51(67-50)48-24-34(7)46(65-48)29-39(31-55)54(61)59(23-22-40(32-56)57-11)33-69(62-15-4,63-16-5)64-17-6/h18-22,24-30H,12-17,23,33H2,1-10H3/b39-29+,40-22-. The molecule has 0 atom stereocenters. The van der Waals surface area contributed by atoms with E-state index in [9.17, 15) is 15.3 Å². The Morgan fingerprint density at radius 2 is 1.23 bits per heavy atom. The van der Waals surface area contributed by atoms with Gasteiger partial charge in [-0.3, -0.25) is 4.79 Å². The van der Waals surface area contributed by atoms with Crippen LogP contribution in [0.2, 0.25) is 0 Å². The summed E-state index contributed by atoms with van der Waals surface area (Å²) in [6, 6.07) is 26.9. The first-order chi connectivity index (χ1) is 33.3. The van der Waals surface area contributed by atoms with Gasteiger partial charge in [0.05, 0.1) is 18.8 Å². The Bertz CT molecular complexity index is 3180. The number of carbonyl (C=O) groups excluding carboxylic acids is 1. The first-order valence-corrected chi connectivity index (χ1v) is 28.5. The number of thiophene rings is 4. The lowest BCUT2D eigenvalue weighted by atomic mass is 10.1. The van der Waals surface area contributed by atoms with Crippen molar-refractivity contribution < 1.29 is 18.1 Å². The molecule has 5 heterocycles. The van der Waals surface area contributed by atoms with E-state index in [2.05, 4.69) is 123 Å². The molecular formula is C54H58N6O4S4Si. The lowest BCUT2D eigenvalue weighted by molar-refractivity contribution is -0.126. The van der Waals surface area contributed by atoms with Crippen LogP contribution in [0.15, 0.2) is 78.0 Å². The Balaban J connectivity index is 1.17. The molecule has 0 fully saturated rings. The Hall–Kier alpha value is -5.64. The number of benzene rings is 2. The molecule has 0 unspecified atom stereocenters. The van der Waals surface area contributed by atoms with Gasteiger partial charge in [-0.15, -0.1) is 45.3 Å². The van der Waals surface area contributed by atoms with Gasteiger partial charge in [0.1, 0.15) is 11.6 Å². The van der Waals surface area contributed by atoms with Crippen LogP contribution in [0, 0.1) is 56.9 Å². The van der Waals surface area contributed by atoms with Crippen LogP contribution in [0.1, 0.15) is 68.7 Å². The SMILES string of the molecule is [C-]#[N+]/C(C#N)=C\CN(C[Si](OCC)(OCC)OCC)C(=O)/C(C#N)=C/c1sc(-c2sc(-c3sc(-c4sc(-c5ccc6c(c5)c5cc(N(CC)CC)ccc5n6CC)cc4C)cc3C)cc2C)cc1C. The fourth-order valence-corrected chi connectivity index (χ4v) is 16.5. The van der Waals surface area contributed by atoms with E-state index in [0.29, 0.717) is 19.8 Å². The summed E-state index contributed by atoms with van der Waals surface area (Å²) in [5.74, 6) is -0.570. The van der Waals surface area contributed by atoms with E-state index in [1.54, 1.807) is 28.7 Å². The maximum atomic E-state index is 14.2. The molecule has 0 N–H and O–H groups in total. The molecule has 69 heavy (non-hydrogen) atoms. The highest BCUT2D eigenvalue weighted by molar-refractivity contribution is 7.29. The molecule has 0 bridgehead atoms. The van der Waals surface area contributed by atoms with Crippen molar-refractivity contribution in [2.24, 2.45) is 0 Å². The topological polar surface area (TPSA) is 108 Å². The number of aryl methyl sites for hydroxylation is 5. The van der Waals surface area contributed by atoms with Crippen LogP contribution in [0.5, 0.6) is 0 Å². The molecule has 7 aromatic rings. The molecule has 10 nitrogen and oxygen atoms in total. The third-order valence-electron chi connectivity index (χ3n) is 12.1. The second-order valence-electron chi connectivity index (χ2n) is 16.5. The number of hydrogen-bond donors (Lipinski definition) is 0. The zero-order chi connectivity index (χ0) is 49.6. The number of fused-ring (bicyclic) bond motifs is 3. The molecule has 2 aromatic carbocycles. The molecule has 15 heteroatoms. The van der Waals surface area contributed by atoms with Gasteiger partial charge < -0.3 is 27.6 Å². The zero-order valence-corrected chi connectivity index (χ0v) is 45.3. The normalized spacial score (nSPS) is 12.2. The zero-order valence-electron chi connectivity index (χ0n) is 41.0. The van der Waals surface area contributed by atoms with Crippen molar-refractivity contribution in [2.45, 2.75) is 75.8 Å². The van der Waals surface area contributed by atoms with Crippen LogP contribution >= 0.6 is 45.3 Å². The minimum atomic E-state index is -3.43. The number of nitriles is 2. The van der Waals surface area contributed by atoms with Crippen LogP contribution in [0.3, 0.4) is 0 Å². The van der Waals surface area contributed by atoms with Gasteiger partial charge in [0.15, 0.2) is 0 Å². The number of nitrogens with zero attached hydrogens (tertiary/aromatic N) is 6. The predicted molar refractivity (Wildman–Crippen MR) is 292 cm³/mol. The van der Waals surface area contributed by atoms with Crippen molar-refractivity contribution in [3.05, 3.63) is 117 Å². The van der Waals surface area contributed by atoms with Gasteiger partial charge in [-0.05, 0) is 164 Å². The highest BCUT2D eigenvalue weighted by Crippen LogP contribution is 2.49. The molecule has 0 aliphatic carbocycles. The highest BCUT2D eigenvalue weighted by atomic mass is 32.1. The largest absolute Gasteiger partial charge is 0.521 e. The average Bonchev–Trinajstić information content (AvgIpc) is 4.17. The Labute approximate surface area is 423 Å². The van der Waals surface area contributed by atoms with Crippen LogP contribution in [-0.2, 0) is 24.6 Å². The lowest BCUT2D eigenvalue weighted by Gasteiger charge is -2.33. The number of rotatable bonds is 20. The monoisotopic (exact) mass is 1010 g/mol. The highest BCUT2D eigenvalue weighted by Gasteiger charge is 2.44.